The topological polar surface area (TPSA) is 126 Å². The van der Waals surface area contributed by atoms with Crippen molar-refractivity contribution in [3.63, 3.8) is 0 Å². The van der Waals surface area contributed by atoms with Gasteiger partial charge in [0.05, 0.1) is 17.3 Å². The van der Waals surface area contributed by atoms with Crippen molar-refractivity contribution in [2.45, 2.75) is 50.9 Å². The van der Waals surface area contributed by atoms with Crippen LogP contribution in [0.3, 0.4) is 0 Å². The Labute approximate surface area is 249 Å². The number of carbonyl (C=O) groups is 2. The van der Waals surface area contributed by atoms with Crippen molar-refractivity contribution in [3.05, 3.63) is 101 Å². The van der Waals surface area contributed by atoms with Gasteiger partial charge in [0.25, 0.3) is 11.8 Å². The Morgan fingerprint density at radius 3 is 2.39 bits per heavy atom. The van der Waals surface area contributed by atoms with Gasteiger partial charge in [-0.3, -0.25) is 20.0 Å². The highest BCUT2D eigenvalue weighted by Gasteiger charge is 2.38. The van der Waals surface area contributed by atoms with Crippen molar-refractivity contribution in [1.82, 2.24) is 10.3 Å². The number of alkyl halides is 3. The fraction of sp³-hybridized carbons (Fsp3) is 0.290. The third-order valence-corrected chi connectivity index (χ3v) is 7.23. The van der Waals surface area contributed by atoms with Crippen molar-refractivity contribution in [1.29, 1.82) is 5.41 Å². The zero-order valence-electron chi connectivity index (χ0n) is 23.5. The minimum absolute atomic E-state index is 0.144. The van der Waals surface area contributed by atoms with Gasteiger partial charge in [-0.25, -0.2) is 13.2 Å². The van der Waals surface area contributed by atoms with Crippen LogP contribution in [-0.4, -0.2) is 34.7 Å². The number of benzene rings is 2. The zero-order chi connectivity index (χ0) is 32.2. The van der Waals surface area contributed by atoms with Crippen LogP contribution in [0.25, 0.3) is 11.1 Å². The summed E-state index contributed by atoms with van der Waals surface area (Å²) in [5, 5.41) is 11.7. The molecule has 2 atom stereocenters. The lowest BCUT2D eigenvalue weighted by Crippen LogP contribution is -2.91. The van der Waals surface area contributed by atoms with E-state index in [4.69, 9.17) is 11.1 Å². The number of nitrogens with one attached hydrogen (secondary N) is 2. The molecule has 7 nitrogen and oxygen atoms in total. The maximum absolute atomic E-state index is 14.2. The monoisotopic (exact) mass is 618 g/mol. The molecule has 0 radical (unpaired) electrons. The van der Waals surface area contributed by atoms with Gasteiger partial charge in [0.1, 0.15) is 28.9 Å². The molecule has 2 aromatic carbocycles. The standard InChI is InChI=1S/C31H29F6N5O2/c1-2-24(41-25(17-5-6-17)15-27(38)31(35,36)37)30(44)42-26(12-16-10-19(32)14-20(33)11-16)28-21(4-3-9-40-28)18-7-8-23(34)22(13-18)29(39)43/h3-4,7-11,13-15,17,24,26,38,41H,2,5-6,12H2,1H3,(H2,39,43)(H,42,44)/p+1/b25-15-,38-27?/t24?,26-/m0/s1. The molecule has 3 aromatic rings. The minimum atomic E-state index is -4.84. The molecule has 2 amide bonds. The number of pyridine rings is 1. The number of amides is 2. The van der Waals surface area contributed by atoms with Gasteiger partial charge < -0.3 is 16.4 Å². The highest BCUT2D eigenvalue weighted by molar-refractivity contribution is 5.97. The van der Waals surface area contributed by atoms with Gasteiger partial charge in [0.15, 0.2) is 6.04 Å². The molecular weight excluding hydrogens is 588 g/mol. The van der Waals surface area contributed by atoms with E-state index in [0.717, 1.165) is 24.3 Å². The summed E-state index contributed by atoms with van der Waals surface area (Å²) >= 11 is 0. The van der Waals surface area contributed by atoms with Crippen LogP contribution in [0, 0.1) is 28.8 Å². The molecule has 0 spiro atoms. The molecule has 1 heterocycles. The van der Waals surface area contributed by atoms with E-state index in [0.29, 0.717) is 30.0 Å². The van der Waals surface area contributed by atoms with E-state index in [1.807, 2.05) is 0 Å². The number of quaternary nitrogens is 1. The lowest BCUT2D eigenvalue weighted by Gasteiger charge is -2.24. The molecule has 6 N–H and O–H groups in total. The van der Waals surface area contributed by atoms with Crippen molar-refractivity contribution >= 4 is 17.5 Å². The predicted molar refractivity (Wildman–Crippen MR) is 150 cm³/mol. The van der Waals surface area contributed by atoms with Crippen LogP contribution in [0.5, 0.6) is 0 Å². The number of hydrogen-bond acceptors (Lipinski definition) is 4. The van der Waals surface area contributed by atoms with Crippen LogP contribution < -0.4 is 16.4 Å². The first-order chi connectivity index (χ1) is 20.8. The smallest absolute Gasteiger partial charge is 0.366 e. The summed E-state index contributed by atoms with van der Waals surface area (Å²) in [5.74, 6) is -4.33. The van der Waals surface area contributed by atoms with Gasteiger partial charge in [-0.2, -0.15) is 13.2 Å². The molecule has 1 aromatic heterocycles. The van der Waals surface area contributed by atoms with E-state index in [9.17, 15) is 35.9 Å². The molecule has 1 unspecified atom stereocenters. The van der Waals surface area contributed by atoms with Crippen LogP contribution in [0.4, 0.5) is 26.3 Å². The second kappa shape index (κ2) is 13.4. The molecule has 0 saturated heterocycles. The fourth-order valence-electron chi connectivity index (χ4n) is 4.86. The van der Waals surface area contributed by atoms with Crippen LogP contribution in [0.1, 0.15) is 53.8 Å². The Bertz CT molecular complexity index is 1580. The highest BCUT2D eigenvalue weighted by Crippen LogP contribution is 2.34. The number of primary amides is 1. The summed E-state index contributed by atoms with van der Waals surface area (Å²) in [6.45, 7) is 1.67. The molecule has 13 heteroatoms. The molecule has 1 aliphatic rings. The number of hydrogen-bond donors (Lipinski definition) is 4. The second-order valence-corrected chi connectivity index (χ2v) is 10.5. The number of nitrogens with two attached hydrogens (primary N) is 2. The molecule has 0 aliphatic heterocycles. The summed E-state index contributed by atoms with van der Waals surface area (Å²) in [6.07, 6.45) is -1.37. The largest absolute Gasteiger partial charge is 0.432 e. The van der Waals surface area contributed by atoms with Gasteiger partial charge in [-0.15, -0.1) is 0 Å². The van der Waals surface area contributed by atoms with E-state index in [2.05, 4.69) is 10.3 Å². The normalized spacial score (nSPS) is 15.0. The van der Waals surface area contributed by atoms with Gasteiger partial charge in [0.2, 0.25) is 0 Å². The molecular formula is C31H30F6N5O2+. The van der Waals surface area contributed by atoms with Crippen molar-refractivity contribution < 1.29 is 41.2 Å². The fourth-order valence-corrected chi connectivity index (χ4v) is 4.86. The summed E-state index contributed by atoms with van der Waals surface area (Å²) in [6, 6.07) is 7.78. The lowest BCUT2D eigenvalue weighted by molar-refractivity contribution is -0.634. The van der Waals surface area contributed by atoms with Crippen molar-refractivity contribution in [3.8, 4) is 11.1 Å². The Morgan fingerprint density at radius 2 is 1.80 bits per heavy atom. The quantitative estimate of drug-likeness (QED) is 0.171. The summed E-state index contributed by atoms with van der Waals surface area (Å²) in [7, 11) is 0. The zero-order valence-corrected chi connectivity index (χ0v) is 23.5. The molecule has 1 aliphatic carbocycles. The van der Waals surface area contributed by atoms with Crippen molar-refractivity contribution in [2.75, 3.05) is 0 Å². The van der Waals surface area contributed by atoms with Crippen LogP contribution in [-0.2, 0) is 11.2 Å². The Kier molecular flexibility index (Phi) is 9.88. The summed E-state index contributed by atoms with van der Waals surface area (Å²) in [4.78, 5) is 29.9. The van der Waals surface area contributed by atoms with Gasteiger partial charge in [0, 0.05) is 36.2 Å². The third-order valence-electron chi connectivity index (χ3n) is 7.23. The first-order valence-corrected chi connectivity index (χ1v) is 13.8. The number of aromatic nitrogens is 1. The lowest BCUT2D eigenvalue weighted by atomic mass is 9.94. The number of allylic oxidation sites excluding steroid dienone is 2. The van der Waals surface area contributed by atoms with Crippen molar-refractivity contribution in [2.24, 2.45) is 11.7 Å². The number of halogens is 6. The minimum Gasteiger partial charge on any atom is -0.366 e. The number of carbonyl (C=O) groups excluding carboxylic acids is 2. The van der Waals surface area contributed by atoms with E-state index < -0.39 is 53.2 Å². The number of rotatable bonds is 12. The maximum Gasteiger partial charge on any atom is 0.432 e. The van der Waals surface area contributed by atoms with Gasteiger partial charge in [-0.05, 0) is 60.7 Å². The first-order valence-electron chi connectivity index (χ1n) is 13.8. The van der Waals surface area contributed by atoms with E-state index in [-0.39, 0.29) is 41.3 Å². The second-order valence-electron chi connectivity index (χ2n) is 10.5. The maximum atomic E-state index is 14.2. The van der Waals surface area contributed by atoms with E-state index >= 15 is 0 Å². The van der Waals surface area contributed by atoms with Gasteiger partial charge >= 0.3 is 6.18 Å². The average molecular weight is 619 g/mol. The van der Waals surface area contributed by atoms with Crippen LogP contribution in [0.15, 0.2) is 66.5 Å². The average Bonchev–Trinajstić information content (AvgIpc) is 3.79. The Hall–Kier alpha value is -4.52. The first kappa shape index (κ1) is 32.4. The van der Waals surface area contributed by atoms with Crippen LogP contribution >= 0.6 is 0 Å². The molecule has 4 rings (SSSR count). The predicted octanol–water partition coefficient (Wildman–Crippen LogP) is 4.88. The molecule has 44 heavy (non-hydrogen) atoms. The van der Waals surface area contributed by atoms with E-state index in [1.165, 1.54) is 23.6 Å². The summed E-state index contributed by atoms with van der Waals surface area (Å²) < 4.78 is 81.7. The highest BCUT2D eigenvalue weighted by atomic mass is 19.4. The third kappa shape index (κ3) is 8.10. The molecule has 1 saturated carbocycles. The molecule has 232 valence electrons. The van der Waals surface area contributed by atoms with E-state index in [1.54, 1.807) is 19.1 Å². The van der Waals surface area contributed by atoms with Crippen LogP contribution in [0.2, 0.25) is 0 Å². The summed E-state index contributed by atoms with van der Waals surface area (Å²) in [5.41, 5.74) is 4.75. The SMILES string of the molecule is CCC([NH2+]/C(=C\C(=N)C(F)(F)F)C1CC1)C(=O)N[C@@H](Cc1cc(F)cc(F)c1)c1ncccc1-c1ccc(F)c(C(N)=O)c1. The Morgan fingerprint density at radius 1 is 1.11 bits per heavy atom. The Balaban J connectivity index is 1.71. The molecule has 1 fully saturated rings. The number of nitrogens with zero attached hydrogens (tertiary/aromatic N) is 1. The van der Waals surface area contributed by atoms with Gasteiger partial charge in [-0.1, -0.05) is 19.1 Å². The molecule has 0 bridgehead atoms.